The van der Waals surface area contributed by atoms with Gasteiger partial charge in [0.05, 0.1) is 12.5 Å². The minimum Gasteiger partial charge on any atom is -0.463 e. The topological polar surface area (TPSA) is 75.7 Å². The molecule has 2 aliphatic rings. The van der Waals surface area contributed by atoms with Gasteiger partial charge in [-0.25, -0.2) is 0 Å². The molecule has 0 aromatic carbocycles. The Morgan fingerprint density at radius 2 is 2.14 bits per heavy atom. The molecule has 1 saturated carbocycles. The van der Waals surface area contributed by atoms with E-state index in [1.807, 2.05) is 13.8 Å². The van der Waals surface area contributed by atoms with Crippen molar-refractivity contribution in [3.63, 3.8) is 0 Å². The average Bonchev–Trinajstić information content (AvgIpc) is 2.38. The summed E-state index contributed by atoms with van der Waals surface area (Å²) in [5.74, 6) is -0.630. The van der Waals surface area contributed by atoms with E-state index in [4.69, 9.17) is 4.74 Å². The predicted molar refractivity (Wildman–Crippen MR) is 76.3 cm³/mol. The number of piperazine rings is 1. The Bertz CT molecular complexity index is 420. The molecule has 6 heteroatoms. The molecule has 0 aromatic heterocycles. The molecule has 1 aliphatic carbocycles. The first-order valence-corrected chi connectivity index (χ1v) is 7.80. The third-order valence-electron chi connectivity index (χ3n) is 4.34. The van der Waals surface area contributed by atoms with E-state index in [1.165, 1.54) is 0 Å². The highest BCUT2D eigenvalue weighted by Crippen LogP contribution is 2.29. The van der Waals surface area contributed by atoms with E-state index in [0.717, 1.165) is 25.7 Å². The molecule has 2 unspecified atom stereocenters. The molecule has 2 amide bonds. The van der Waals surface area contributed by atoms with Gasteiger partial charge in [0.25, 0.3) is 0 Å². The molecule has 118 valence electrons. The van der Waals surface area contributed by atoms with Crippen molar-refractivity contribution in [1.82, 2.24) is 10.2 Å². The summed E-state index contributed by atoms with van der Waals surface area (Å²) in [6.45, 7) is 4.67. The van der Waals surface area contributed by atoms with E-state index in [9.17, 15) is 14.4 Å². The van der Waals surface area contributed by atoms with Crippen molar-refractivity contribution in [2.75, 3.05) is 13.1 Å². The van der Waals surface area contributed by atoms with Crippen LogP contribution in [0.2, 0.25) is 0 Å². The largest absolute Gasteiger partial charge is 0.463 e. The van der Waals surface area contributed by atoms with Gasteiger partial charge in [0.2, 0.25) is 11.8 Å². The quantitative estimate of drug-likeness (QED) is 0.763. The van der Waals surface area contributed by atoms with Crippen LogP contribution in [-0.4, -0.2) is 47.9 Å². The lowest BCUT2D eigenvalue weighted by Crippen LogP contribution is -2.59. The molecule has 2 fully saturated rings. The molecule has 1 heterocycles. The van der Waals surface area contributed by atoms with Gasteiger partial charge in [0.1, 0.15) is 6.04 Å². The van der Waals surface area contributed by atoms with Gasteiger partial charge in [0.15, 0.2) is 0 Å². The van der Waals surface area contributed by atoms with Crippen molar-refractivity contribution < 1.29 is 19.1 Å². The Hall–Kier alpha value is -1.59. The van der Waals surface area contributed by atoms with Crippen LogP contribution in [0.5, 0.6) is 0 Å². The van der Waals surface area contributed by atoms with Gasteiger partial charge in [-0.1, -0.05) is 13.3 Å². The van der Waals surface area contributed by atoms with E-state index in [0.29, 0.717) is 13.1 Å². The Morgan fingerprint density at radius 1 is 1.43 bits per heavy atom. The second-order valence-corrected chi connectivity index (χ2v) is 5.88. The third kappa shape index (κ3) is 3.74. The molecule has 0 aromatic rings. The van der Waals surface area contributed by atoms with Crippen molar-refractivity contribution in [3.8, 4) is 0 Å². The first-order chi connectivity index (χ1) is 10.0. The molecule has 1 aliphatic heterocycles. The maximum atomic E-state index is 12.4. The standard InChI is InChI=1S/C15H24N2O4/c1-3-10(2)21-13(18)9-12-14(19)16-7-8-17(12)15(20)11-5-4-6-11/h10-12H,3-9H2,1-2H3,(H,16,19). The average molecular weight is 296 g/mol. The van der Waals surface area contributed by atoms with Crippen molar-refractivity contribution in [2.24, 2.45) is 5.92 Å². The minimum absolute atomic E-state index is 0.0115. The lowest BCUT2D eigenvalue weighted by Gasteiger charge is -2.38. The smallest absolute Gasteiger partial charge is 0.308 e. The molecular weight excluding hydrogens is 272 g/mol. The molecule has 1 saturated heterocycles. The van der Waals surface area contributed by atoms with Gasteiger partial charge in [-0.3, -0.25) is 14.4 Å². The molecule has 0 spiro atoms. The summed E-state index contributed by atoms with van der Waals surface area (Å²) in [6.07, 6.45) is 3.35. The molecule has 2 rings (SSSR count). The van der Waals surface area contributed by atoms with Gasteiger partial charge < -0.3 is 15.0 Å². The van der Waals surface area contributed by atoms with E-state index < -0.39 is 12.0 Å². The van der Waals surface area contributed by atoms with Gasteiger partial charge >= 0.3 is 5.97 Å². The van der Waals surface area contributed by atoms with Crippen LogP contribution in [0.4, 0.5) is 0 Å². The minimum atomic E-state index is -0.719. The highest BCUT2D eigenvalue weighted by atomic mass is 16.5. The molecule has 0 bridgehead atoms. The number of ether oxygens (including phenoxy) is 1. The summed E-state index contributed by atoms with van der Waals surface area (Å²) in [5.41, 5.74) is 0. The highest BCUT2D eigenvalue weighted by molar-refractivity contribution is 5.92. The second-order valence-electron chi connectivity index (χ2n) is 5.88. The predicted octanol–water partition coefficient (Wildman–Crippen LogP) is 0.845. The molecule has 21 heavy (non-hydrogen) atoms. The number of carbonyl (C=O) groups is 3. The number of nitrogens with zero attached hydrogens (tertiary/aromatic N) is 1. The van der Waals surface area contributed by atoms with Crippen LogP contribution in [0.25, 0.3) is 0 Å². The lowest BCUT2D eigenvalue weighted by atomic mass is 9.83. The van der Waals surface area contributed by atoms with Gasteiger partial charge in [0, 0.05) is 19.0 Å². The highest BCUT2D eigenvalue weighted by Gasteiger charge is 2.39. The zero-order valence-electron chi connectivity index (χ0n) is 12.8. The van der Waals surface area contributed by atoms with Gasteiger partial charge in [-0.15, -0.1) is 0 Å². The Labute approximate surface area is 125 Å². The van der Waals surface area contributed by atoms with Crippen molar-refractivity contribution in [1.29, 1.82) is 0 Å². The van der Waals surface area contributed by atoms with Crippen LogP contribution in [0.15, 0.2) is 0 Å². The fourth-order valence-electron chi connectivity index (χ4n) is 2.58. The fourth-order valence-corrected chi connectivity index (χ4v) is 2.58. The number of esters is 1. The summed E-state index contributed by atoms with van der Waals surface area (Å²) >= 11 is 0. The van der Waals surface area contributed by atoms with Crippen molar-refractivity contribution >= 4 is 17.8 Å². The SMILES string of the molecule is CCC(C)OC(=O)CC1C(=O)NCCN1C(=O)C1CCC1. The number of nitrogens with one attached hydrogen (secondary N) is 1. The van der Waals surface area contributed by atoms with Crippen LogP contribution in [0.3, 0.4) is 0 Å². The summed E-state index contributed by atoms with van der Waals surface area (Å²) < 4.78 is 5.22. The van der Waals surface area contributed by atoms with Crippen LogP contribution < -0.4 is 5.32 Å². The van der Waals surface area contributed by atoms with E-state index >= 15 is 0 Å². The number of hydrogen-bond acceptors (Lipinski definition) is 4. The van der Waals surface area contributed by atoms with Crippen molar-refractivity contribution in [3.05, 3.63) is 0 Å². The van der Waals surface area contributed by atoms with E-state index in [1.54, 1.807) is 4.90 Å². The summed E-state index contributed by atoms with van der Waals surface area (Å²) in [4.78, 5) is 37.9. The maximum absolute atomic E-state index is 12.4. The van der Waals surface area contributed by atoms with Crippen LogP contribution in [0, 0.1) is 5.92 Å². The van der Waals surface area contributed by atoms with E-state index in [2.05, 4.69) is 5.32 Å². The number of amides is 2. The second kappa shape index (κ2) is 6.91. The molecule has 1 N–H and O–H groups in total. The summed E-state index contributed by atoms with van der Waals surface area (Å²) in [6, 6.07) is -0.719. The molecule has 6 nitrogen and oxygen atoms in total. The molecule has 2 atom stereocenters. The summed E-state index contributed by atoms with van der Waals surface area (Å²) in [7, 11) is 0. The Balaban J connectivity index is 1.99. The normalized spacial score (nSPS) is 24.0. The van der Waals surface area contributed by atoms with Gasteiger partial charge in [-0.2, -0.15) is 0 Å². The van der Waals surface area contributed by atoms with Crippen LogP contribution >= 0.6 is 0 Å². The number of hydrogen-bond donors (Lipinski definition) is 1. The monoisotopic (exact) mass is 296 g/mol. The first-order valence-electron chi connectivity index (χ1n) is 7.80. The zero-order chi connectivity index (χ0) is 15.4. The lowest BCUT2D eigenvalue weighted by molar-refractivity contribution is -0.156. The van der Waals surface area contributed by atoms with Crippen LogP contribution in [-0.2, 0) is 19.1 Å². The fraction of sp³-hybridized carbons (Fsp3) is 0.800. The maximum Gasteiger partial charge on any atom is 0.308 e. The van der Waals surface area contributed by atoms with Crippen LogP contribution in [0.1, 0.15) is 46.0 Å². The zero-order valence-corrected chi connectivity index (χ0v) is 12.8. The number of carbonyl (C=O) groups excluding carboxylic acids is 3. The van der Waals surface area contributed by atoms with E-state index in [-0.39, 0.29) is 30.3 Å². The molecular formula is C15H24N2O4. The van der Waals surface area contributed by atoms with Gasteiger partial charge in [-0.05, 0) is 26.2 Å². The Morgan fingerprint density at radius 3 is 2.71 bits per heavy atom. The van der Waals surface area contributed by atoms with Crippen molar-refractivity contribution in [2.45, 2.75) is 58.1 Å². The molecule has 0 radical (unpaired) electrons. The Kier molecular flexibility index (Phi) is 5.20. The first kappa shape index (κ1) is 15.8. The summed E-state index contributed by atoms with van der Waals surface area (Å²) in [5, 5.41) is 2.72. The third-order valence-corrected chi connectivity index (χ3v) is 4.34. The number of rotatable bonds is 5.